The van der Waals surface area contributed by atoms with Gasteiger partial charge in [0.05, 0.1) is 19.3 Å². The van der Waals surface area contributed by atoms with Gasteiger partial charge in [-0.15, -0.1) is 0 Å². The van der Waals surface area contributed by atoms with Gasteiger partial charge in [-0.2, -0.15) is 0 Å². The number of methoxy groups -OCH3 is 3. The molecule has 7 heteroatoms. The lowest BCUT2D eigenvalue weighted by atomic mass is 10.2. The maximum Gasteiger partial charge on any atom is 0.412 e. The molecule has 0 radical (unpaired) electrons. The highest BCUT2D eigenvalue weighted by atomic mass is 16.7. The molecule has 0 unspecified atom stereocenters. The molecule has 0 aliphatic carbocycles. The fraction of sp³-hybridized carbons (Fsp3) is 0.562. The maximum atomic E-state index is 11.9. The van der Waals surface area contributed by atoms with Gasteiger partial charge >= 0.3 is 6.09 Å². The number of ether oxygens (including phenoxy) is 4. The number of amides is 1. The Kier molecular flexibility index (Phi) is 7.12. The zero-order valence-electron chi connectivity index (χ0n) is 14.6. The maximum absolute atomic E-state index is 11.9. The minimum absolute atomic E-state index is 0.362. The molecule has 0 saturated carbocycles. The van der Waals surface area contributed by atoms with Crippen molar-refractivity contribution in [2.45, 2.75) is 32.7 Å². The second kappa shape index (κ2) is 8.59. The Hall–Kier alpha value is -1.99. The number of hydrogen-bond donors (Lipinski definition) is 2. The van der Waals surface area contributed by atoms with Crippen molar-refractivity contribution in [2.24, 2.45) is 0 Å². The van der Waals surface area contributed by atoms with Crippen molar-refractivity contribution in [3.8, 4) is 5.75 Å². The highest BCUT2D eigenvalue weighted by Gasteiger charge is 2.17. The van der Waals surface area contributed by atoms with Crippen LogP contribution in [-0.2, 0) is 14.2 Å². The third-order valence-electron chi connectivity index (χ3n) is 2.83. The molecule has 0 fully saturated rings. The lowest BCUT2D eigenvalue weighted by Crippen LogP contribution is -2.27. The van der Waals surface area contributed by atoms with Crippen LogP contribution in [0.25, 0.3) is 0 Å². The zero-order chi connectivity index (χ0) is 17.5. The monoisotopic (exact) mass is 326 g/mol. The van der Waals surface area contributed by atoms with Gasteiger partial charge in [0.2, 0.25) is 0 Å². The van der Waals surface area contributed by atoms with Crippen LogP contribution >= 0.6 is 0 Å². The van der Waals surface area contributed by atoms with Crippen molar-refractivity contribution in [1.29, 1.82) is 0 Å². The third kappa shape index (κ3) is 6.75. The highest BCUT2D eigenvalue weighted by Crippen LogP contribution is 2.28. The first-order valence-electron chi connectivity index (χ1n) is 7.26. The van der Waals surface area contributed by atoms with Crippen LogP contribution in [0.15, 0.2) is 18.2 Å². The SMILES string of the molecule is COc1ccc(NCC(OC)OC)cc1NC(=O)OC(C)(C)C. The van der Waals surface area contributed by atoms with Crippen molar-refractivity contribution >= 4 is 17.5 Å². The molecule has 1 aromatic rings. The number of benzene rings is 1. The lowest BCUT2D eigenvalue weighted by Gasteiger charge is -2.21. The average molecular weight is 326 g/mol. The normalized spacial score (nSPS) is 11.3. The van der Waals surface area contributed by atoms with E-state index in [1.54, 1.807) is 47.1 Å². The summed E-state index contributed by atoms with van der Waals surface area (Å²) >= 11 is 0. The van der Waals surface area contributed by atoms with Crippen molar-refractivity contribution in [1.82, 2.24) is 0 Å². The van der Waals surface area contributed by atoms with E-state index in [-0.39, 0.29) is 6.29 Å². The van der Waals surface area contributed by atoms with Gasteiger partial charge in [0.25, 0.3) is 0 Å². The fourth-order valence-corrected chi connectivity index (χ4v) is 1.79. The van der Waals surface area contributed by atoms with E-state index in [9.17, 15) is 4.79 Å². The average Bonchev–Trinajstić information content (AvgIpc) is 2.46. The molecule has 130 valence electrons. The Balaban J connectivity index is 2.80. The molecule has 0 aliphatic heterocycles. The van der Waals surface area contributed by atoms with Gasteiger partial charge in [0, 0.05) is 19.9 Å². The van der Waals surface area contributed by atoms with Crippen molar-refractivity contribution in [3.05, 3.63) is 18.2 Å². The summed E-state index contributed by atoms with van der Waals surface area (Å²) in [4.78, 5) is 11.9. The standard InChI is InChI=1S/C16H26N2O5/c1-16(2,3)23-15(19)18-12-9-11(7-8-13(12)20-4)17-10-14(21-5)22-6/h7-9,14,17H,10H2,1-6H3,(H,18,19). The van der Waals surface area contributed by atoms with Gasteiger partial charge in [-0.05, 0) is 39.0 Å². The van der Waals surface area contributed by atoms with Crippen LogP contribution in [0.2, 0.25) is 0 Å². The predicted molar refractivity (Wildman–Crippen MR) is 89.1 cm³/mol. The van der Waals surface area contributed by atoms with Crippen molar-refractivity contribution in [2.75, 3.05) is 38.5 Å². The molecule has 0 aliphatic rings. The third-order valence-corrected chi connectivity index (χ3v) is 2.83. The molecular weight excluding hydrogens is 300 g/mol. The number of hydrogen-bond acceptors (Lipinski definition) is 6. The lowest BCUT2D eigenvalue weighted by molar-refractivity contribution is -0.0914. The number of nitrogens with one attached hydrogen (secondary N) is 2. The Bertz CT molecular complexity index is 510. The summed E-state index contributed by atoms with van der Waals surface area (Å²) in [5.41, 5.74) is 0.728. The Labute approximate surface area is 137 Å². The molecule has 0 bridgehead atoms. The van der Waals surface area contributed by atoms with E-state index >= 15 is 0 Å². The van der Waals surface area contributed by atoms with Gasteiger partial charge in [-0.3, -0.25) is 5.32 Å². The van der Waals surface area contributed by atoms with Crippen LogP contribution in [0, 0.1) is 0 Å². The van der Waals surface area contributed by atoms with Gasteiger partial charge < -0.3 is 24.3 Å². The smallest absolute Gasteiger partial charge is 0.412 e. The highest BCUT2D eigenvalue weighted by molar-refractivity contribution is 5.88. The van der Waals surface area contributed by atoms with Gasteiger partial charge in [0.15, 0.2) is 6.29 Å². The minimum Gasteiger partial charge on any atom is -0.495 e. The Morgan fingerprint density at radius 2 is 1.83 bits per heavy atom. The quantitative estimate of drug-likeness (QED) is 0.750. The van der Waals surface area contributed by atoms with Crippen LogP contribution in [0.5, 0.6) is 5.75 Å². The molecule has 0 atom stereocenters. The second-order valence-electron chi connectivity index (χ2n) is 5.82. The molecular formula is C16H26N2O5. The summed E-state index contributed by atoms with van der Waals surface area (Å²) in [5.74, 6) is 0.538. The molecule has 1 aromatic carbocycles. The first-order chi connectivity index (χ1) is 10.8. The molecule has 0 aromatic heterocycles. The van der Waals surface area contributed by atoms with Crippen LogP contribution in [-0.4, -0.2) is 45.9 Å². The summed E-state index contributed by atoms with van der Waals surface area (Å²) in [6.45, 7) is 5.87. The number of anilines is 2. The number of carbonyl (C=O) groups excluding carboxylic acids is 1. The topological polar surface area (TPSA) is 78.0 Å². The van der Waals surface area contributed by atoms with Gasteiger partial charge in [-0.1, -0.05) is 0 Å². The van der Waals surface area contributed by atoms with Gasteiger partial charge in [-0.25, -0.2) is 4.79 Å². The van der Waals surface area contributed by atoms with Crippen LogP contribution in [0.3, 0.4) is 0 Å². The van der Waals surface area contributed by atoms with E-state index in [0.717, 1.165) is 5.69 Å². The molecule has 1 rings (SSSR count). The summed E-state index contributed by atoms with van der Waals surface area (Å²) in [6, 6.07) is 5.34. The van der Waals surface area contributed by atoms with E-state index in [1.807, 2.05) is 6.07 Å². The second-order valence-corrected chi connectivity index (χ2v) is 5.82. The van der Waals surface area contributed by atoms with E-state index in [1.165, 1.54) is 7.11 Å². The predicted octanol–water partition coefficient (Wildman–Crippen LogP) is 3.07. The summed E-state index contributed by atoms with van der Waals surface area (Å²) in [6.07, 6.45) is -0.904. The van der Waals surface area contributed by atoms with Crippen LogP contribution in [0.4, 0.5) is 16.2 Å². The van der Waals surface area contributed by atoms with Crippen LogP contribution < -0.4 is 15.4 Å². The van der Waals surface area contributed by atoms with E-state index < -0.39 is 11.7 Å². The van der Waals surface area contributed by atoms with E-state index in [0.29, 0.717) is 18.0 Å². The largest absolute Gasteiger partial charge is 0.495 e. The van der Waals surface area contributed by atoms with Gasteiger partial charge in [0.1, 0.15) is 11.4 Å². The van der Waals surface area contributed by atoms with Crippen molar-refractivity contribution < 1.29 is 23.7 Å². The molecule has 0 saturated heterocycles. The molecule has 0 spiro atoms. The van der Waals surface area contributed by atoms with Crippen LogP contribution in [0.1, 0.15) is 20.8 Å². The minimum atomic E-state index is -0.572. The summed E-state index contributed by atoms with van der Waals surface area (Å²) in [5, 5.41) is 5.85. The first kappa shape index (κ1) is 19.1. The molecule has 7 nitrogen and oxygen atoms in total. The summed E-state index contributed by atoms with van der Waals surface area (Å²) < 4.78 is 20.7. The Morgan fingerprint density at radius 1 is 1.17 bits per heavy atom. The fourth-order valence-electron chi connectivity index (χ4n) is 1.79. The van der Waals surface area contributed by atoms with E-state index in [2.05, 4.69) is 10.6 Å². The molecule has 0 heterocycles. The molecule has 23 heavy (non-hydrogen) atoms. The summed E-state index contributed by atoms with van der Waals surface area (Å²) in [7, 11) is 4.67. The first-order valence-corrected chi connectivity index (χ1v) is 7.26. The Morgan fingerprint density at radius 3 is 2.35 bits per heavy atom. The number of carbonyl (C=O) groups is 1. The number of rotatable bonds is 7. The van der Waals surface area contributed by atoms with Crippen molar-refractivity contribution in [3.63, 3.8) is 0 Å². The zero-order valence-corrected chi connectivity index (χ0v) is 14.6. The molecule has 1 amide bonds. The molecule has 2 N–H and O–H groups in total. The van der Waals surface area contributed by atoms with E-state index in [4.69, 9.17) is 18.9 Å².